The number of carbonyl (C=O) groups is 2. The molecule has 0 amide bonds. The van der Waals surface area contributed by atoms with Gasteiger partial charge in [0.05, 0.1) is 6.61 Å². The fourth-order valence-corrected chi connectivity index (χ4v) is 0.692. The molecular weight excluding hydrogens is 172 g/mol. The van der Waals surface area contributed by atoms with E-state index in [1.165, 1.54) is 0 Å². The van der Waals surface area contributed by atoms with Crippen molar-refractivity contribution in [2.45, 2.75) is 20.8 Å². The van der Waals surface area contributed by atoms with Crippen LogP contribution in [0.3, 0.4) is 0 Å². The lowest BCUT2D eigenvalue weighted by molar-refractivity contribution is -0.135. The Balaban J connectivity index is 4.61. The zero-order chi connectivity index (χ0) is 10.4. The van der Waals surface area contributed by atoms with Crippen molar-refractivity contribution in [1.82, 2.24) is 0 Å². The van der Waals surface area contributed by atoms with Crippen molar-refractivity contribution in [3.05, 3.63) is 11.8 Å². The van der Waals surface area contributed by atoms with Crippen LogP contribution in [0.2, 0.25) is 0 Å². The van der Waals surface area contributed by atoms with Gasteiger partial charge in [-0.3, -0.25) is 4.79 Å². The zero-order valence-corrected chi connectivity index (χ0v) is 8.03. The summed E-state index contributed by atoms with van der Waals surface area (Å²) in [7, 11) is 0. The highest BCUT2D eigenvalue weighted by molar-refractivity contribution is 6.16. The first-order valence-corrected chi connectivity index (χ1v) is 4.10. The van der Waals surface area contributed by atoms with Crippen molar-refractivity contribution < 1.29 is 19.4 Å². The van der Waals surface area contributed by atoms with Gasteiger partial charge in [0.25, 0.3) is 0 Å². The number of ether oxygens (including phenoxy) is 1. The molecule has 1 N–H and O–H groups in total. The maximum Gasteiger partial charge on any atom is 0.342 e. The lowest BCUT2D eigenvalue weighted by Gasteiger charge is -2.04. The molecule has 0 saturated carbocycles. The first-order valence-electron chi connectivity index (χ1n) is 4.10. The molecule has 74 valence electrons. The van der Waals surface area contributed by atoms with E-state index < -0.39 is 11.8 Å². The summed E-state index contributed by atoms with van der Waals surface area (Å²) >= 11 is 0. The summed E-state index contributed by atoms with van der Waals surface area (Å²) < 4.78 is 4.76. The van der Waals surface area contributed by atoms with Crippen molar-refractivity contribution in [2.24, 2.45) is 5.92 Å². The number of carbonyl (C=O) groups excluding carboxylic acids is 1. The maximum absolute atomic E-state index is 11.3. The summed E-state index contributed by atoms with van der Waals surface area (Å²) in [5.74, 6) is -1.99. The molecule has 0 radical (unpaired) electrons. The molecule has 0 aromatic carbocycles. The summed E-state index contributed by atoms with van der Waals surface area (Å²) in [4.78, 5) is 21.8. The number of rotatable bonds is 5. The summed E-state index contributed by atoms with van der Waals surface area (Å²) in [6, 6.07) is 0. The first kappa shape index (κ1) is 11.7. The highest BCUT2D eigenvalue weighted by Crippen LogP contribution is 2.06. The van der Waals surface area contributed by atoms with Crippen LogP contribution < -0.4 is 0 Å². The number of carboxylic acid groups (broad SMARTS) is 1. The molecule has 4 heteroatoms. The number of hydrogen-bond acceptors (Lipinski definition) is 3. The van der Waals surface area contributed by atoms with Gasteiger partial charge in [-0.1, -0.05) is 13.8 Å². The van der Waals surface area contributed by atoms with E-state index in [0.29, 0.717) is 6.61 Å². The van der Waals surface area contributed by atoms with Crippen LogP contribution in [0.1, 0.15) is 20.8 Å². The lowest BCUT2D eigenvalue weighted by atomic mass is 10.0. The van der Waals surface area contributed by atoms with Crippen molar-refractivity contribution in [3.8, 4) is 0 Å². The van der Waals surface area contributed by atoms with Crippen LogP contribution in [0.5, 0.6) is 0 Å². The summed E-state index contributed by atoms with van der Waals surface area (Å²) in [6.07, 6.45) is 1.00. The molecule has 0 aromatic heterocycles. The number of ketones is 1. The van der Waals surface area contributed by atoms with Gasteiger partial charge in [-0.25, -0.2) is 4.79 Å². The standard InChI is InChI=1S/C9H14O4/c1-4-13-5-7(9(11)12)8(10)6(2)3/h5-6H,4H2,1-3H3,(H,11,12). The van der Waals surface area contributed by atoms with E-state index in [9.17, 15) is 9.59 Å². The van der Waals surface area contributed by atoms with Crippen molar-refractivity contribution in [3.63, 3.8) is 0 Å². The Morgan fingerprint density at radius 2 is 2.00 bits per heavy atom. The predicted molar refractivity (Wildman–Crippen MR) is 47.2 cm³/mol. The second-order valence-electron chi connectivity index (χ2n) is 2.81. The van der Waals surface area contributed by atoms with Gasteiger partial charge in [0.15, 0.2) is 5.78 Å². The third-order valence-corrected chi connectivity index (χ3v) is 1.39. The molecule has 0 aliphatic rings. The lowest BCUT2D eigenvalue weighted by Crippen LogP contribution is -2.17. The Labute approximate surface area is 77.2 Å². The molecule has 0 bridgehead atoms. The molecule has 0 aliphatic carbocycles. The second-order valence-corrected chi connectivity index (χ2v) is 2.81. The molecular formula is C9H14O4. The Hall–Kier alpha value is -1.32. The second kappa shape index (κ2) is 5.35. The normalized spacial score (nSPS) is 11.5. The Kier molecular flexibility index (Phi) is 4.80. The fourth-order valence-electron chi connectivity index (χ4n) is 0.692. The summed E-state index contributed by atoms with van der Waals surface area (Å²) in [6.45, 7) is 5.36. The van der Waals surface area contributed by atoms with Crippen LogP contribution in [0.25, 0.3) is 0 Å². The third-order valence-electron chi connectivity index (χ3n) is 1.39. The topological polar surface area (TPSA) is 63.6 Å². The van der Waals surface area contributed by atoms with Gasteiger partial charge in [0.2, 0.25) is 0 Å². The molecule has 0 saturated heterocycles. The number of aliphatic carboxylic acids is 1. The van der Waals surface area contributed by atoms with Gasteiger partial charge < -0.3 is 9.84 Å². The minimum absolute atomic E-state index is 0.295. The van der Waals surface area contributed by atoms with Crippen LogP contribution in [0.15, 0.2) is 11.8 Å². The minimum atomic E-state index is -1.24. The van der Waals surface area contributed by atoms with Crippen LogP contribution >= 0.6 is 0 Å². The smallest absolute Gasteiger partial charge is 0.342 e. The van der Waals surface area contributed by atoms with Crippen LogP contribution in [-0.4, -0.2) is 23.5 Å². The third kappa shape index (κ3) is 3.73. The van der Waals surface area contributed by atoms with Crippen molar-refractivity contribution in [1.29, 1.82) is 0 Å². The summed E-state index contributed by atoms with van der Waals surface area (Å²) in [5, 5.41) is 8.65. The van der Waals surface area contributed by atoms with E-state index in [1.807, 2.05) is 0 Å². The van der Waals surface area contributed by atoms with E-state index >= 15 is 0 Å². The van der Waals surface area contributed by atoms with E-state index in [1.54, 1.807) is 20.8 Å². The van der Waals surface area contributed by atoms with Gasteiger partial charge in [-0.15, -0.1) is 0 Å². The number of hydrogen-bond donors (Lipinski definition) is 1. The average molecular weight is 186 g/mol. The van der Waals surface area contributed by atoms with E-state index in [0.717, 1.165) is 6.26 Å². The molecule has 0 unspecified atom stereocenters. The minimum Gasteiger partial charge on any atom is -0.500 e. The highest BCUT2D eigenvalue weighted by atomic mass is 16.5. The van der Waals surface area contributed by atoms with Crippen LogP contribution in [-0.2, 0) is 14.3 Å². The maximum atomic E-state index is 11.3. The van der Waals surface area contributed by atoms with Crippen molar-refractivity contribution in [2.75, 3.05) is 6.61 Å². The molecule has 4 nitrogen and oxygen atoms in total. The molecule has 0 spiro atoms. The monoisotopic (exact) mass is 186 g/mol. The molecule has 13 heavy (non-hydrogen) atoms. The van der Waals surface area contributed by atoms with E-state index in [4.69, 9.17) is 9.84 Å². The Morgan fingerprint density at radius 1 is 1.46 bits per heavy atom. The fraction of sp³-hybridized carbons (Fsp3) is 0.556. The predicted octanol–water partition coefficient (Wildman–Crippen LogP) is 1.22. The average Bonchev–Trinajstić information content (AvgIpc) is 2.04. The van der Waals surface area contributed by atoms with E-state index in [2.05, 4.69) is 0 Å². The van der Waals surface area contributed by atoms with E-state index in [-0.39, 0.29) is 11.5 Å². The number of Topliss-reactive ketones (excluding diaryl/α,β-unsaturated/α-hetero) is 1. The molecule has 0 heterocycles. The quantitative estimate of drug-likeness (QED) is 0.303. The Morgan fingerprint density at radius 3 is 2.31 bits per heavy atom. The molecule has 0 fully saturated rings. The largest absolute Gasteiger partial charge is 0.500 e. The Bertz CT molecular complexity index is 228. The molecule has 0 atom stereocenters. The first-order chi connectivity index (χ1) is 6.00. The molecule has 0 rings (SSSR count). The molecule has 0 aliphatic heterocycles. The van der Waals surface area contributed by atoms with Gasteiger partial charge in [-0.2, -0.15) is 0 Å². The van der Waals surface area contributed by atoms with Crippen LogP contribution in [0.4, 0.5) is 0 Å². The molecule has 0 aromatic rings. The van der Waals surface area contributed by atoms with Gasteiger partial charge in [-0.05, 0) is 6.92 Å². The highest BCUT2D eigenvalue weighted by Gasteiger charge is 2.20. The van der Waals surface area contributed by atoms with Gasteiger partial charge >= 0.3 is 5.97 Å². The van der Waals surface area contributed by atoms with Gasteiger partial charge in [0, 0.05) is 5.92 Å². The zero-order valence-electron chi connectivity index (χ0n) is 8.03. The van der Waals surface area contributed by atoms with Crippen molar-refractivity contribution >= 4 is 11.8 Å². The van der Waals surface area contributed by atoms with Crippen LogP contribution in [0, 0.1) is 5.92 Å². The summed E-state index contributed by atoms with van der Waals surface area (Å²) in [5.41, 5.74) is -0.295. The van der Waals surface area contributed by atoms with Gasteiger partial charge in [0.1, 0.15) is 11.8 Å². The number of carboxylic acids is 1. The SMILES string of the molecule is CCOC=C(C(=O)O)C(=O)C(C)C.